The zero-order valence-electron chi connectivity index (χ0n) is 22.5. The number of rotatable bonds is 9. The van der Waals surface area contributed by atoms with Crippen molar-refractivity contribution in [3.05, 3.63) is 115 Å². The van der Waals surface area contributed by atoms with Gasteiger partial charge in [0.25, 0.3) is 0 Å². The van der Waals surface area contributed by atoms with E-state index in [1.807, 2.05) is 61.5 Å². The predicted molar refractivity (Wildman–Crippen MR) is 156 cm³/mol. The maximum absolute atomic E-state index is 12.1. The van der Waals surface area contributed by atoms with Crippen LogP contribution in [-0.2, 0) is 16.0 Å². The van der Waals surface area contributed by atoms with Crippen molar-refractivity contribution in [1.29, 1.82) is 0 Å². The molecule has 1 heterocycles. The normalized spacial score (nSPS) is 11.7. The Morgan fingerprint density at radius 2 is 1.44 bits per heavy atom. The maximum atomic E-state index is 12.1. The number of para-hydroxylation sites is 1. The molecule has 0 bridgehead atoms. The second-order valence-electron chi connectivity index (χ2n) is 9.25. The van der Waals surface area contributed by atoms with Crippen molar-refractivity contribution in [2.75, 3.05) is 7.11 Å². The van der Waals surface area contributed by atoms with E-state index in [1.54, 1.807) is 0 Å². The SMILES string of the molecule is CCc1c(-c2ccccc2)c(-c2ccccc2)nn1-c1ccccc1-c1cccc(OC(CC)C(=O)OC)c1. The van der Waals surface area contributed by atoms with Gasteiger partial charge in [-0.15, -0.1) is 0 Å². The molecule has 5 heteroatoms. The second kappa shape index (κ2) is 11.8. The second-order valence-corrected chi connectivity index (χ2v) is 9.25. The fraction of sp³-hybridized carbons (Fsp3) is 0.176. The number of aromatic nitrogens is 2. The summed E-state index contributed by atoms with van der Waals surface area (Å²) >= 11 is 0. The number of methoxy groups -OCH3 is 1. The largest absolute Gasteiger partial charge is 0.479 e. The lowest BCUT2D eigenvalue weighted by molar-refractivity contribution is -0.148. The van der Waals surface area contributed by atoms with E-state index in [2.05, 4.69) is 66.2 Å². The molecule has 0 spiro atoms. The number of nitrogens with zero attached hydrogens (tertiary/aromatic N) is 2. The molecule has 39 heavy (non-hydrogen) atoms. The molecule has 1 unspecified atom stereocenters. The summed E-state index contributed by atoms with van der Waals surface area (Å²) in [5, 5.41) is 5.23. The van der Waals surface area contributed by atoms with E-state index in [9.17, 15) is 4.79 Å². The van der Waals surface area contributed by atoms with Crippen LogP contribution in [0.5, 0.6) is 5.75 Å². The van der Waals surface area contributed by atoms with Crippen LogP contribution < -0.4 is 4.74 Å². The Balaban J connectivity index is 1.66. The van der Waals surface area contributed by atoms with Gasteiger partial charge in [-0.2, -0.15) is 5.10 Å². The molecule has 0 saturated heterocycles. The molecule has 5 nitrogen and oxygen atoms in total. The van der Waals surface area contributed by atoms with Crippen molar-refractivity contribution in [3.63, 3.8) is 0 Å². The fourth-order valence-electron chi connectivity index (χ4n) is 4.92. The molecule has 0 fully saturated rings. The molecular weight excluding hydrogens is 484 g/mol. The molecule has 0 saturated carbocycles. The van der Waals surface area contributed by atoms with Crippen molar-refractivity contribution in [2.45, 2.75) is 32.8 Å². The monoisotopic (exact) mass is 516 g/mol. The van der Waals surface area contributed by atoms with Crippen LogP contribution in [0.3, 0.4) is 0 Å². The molecule has 0 aliphatic rings. The zero-order valence-corrected chi connectivity index (χ0v) is 22.5. The highest BCUT2D eigenvalue weighted by Gasteiger charge is 2.23. The summed E-state index contributed by atoms with van der Waals surface area (Å²) in [5.74, 6) is 0.236. The molecule has 5 aromatic rings. The third-order valence-electron chi connectivity index (χ3n) is 6.82. The lowest BCUT2D eigenvalue weighted by Crippen LogP contribution is -2.27. The van der Waals surface area contributed by atoms with Crippen LogP contribution in [0, 0.1) is 0 Å². The zero-order chi connectivity index (χ0) is 27.2. The smallest absolute Gasteiger partial charge is 0.347 e. The maximum Gasteiger partial charge on any atom is 0.347 e. The first-order valence-corrected chi connectivity index (χ1v) is 13.3. The summed E-state index contributed by atoms with van der Waals surface area (Å²) in [4.78, 5) is 12.1. The topological polar surface area (TPSA) is 53.4 Å². The van der Waals surface area contributed by atoms with Gasteiger partial charge in [-0.25, -0.2) is 9.48 Å². The highest BCUT2D eigenvalue weighted by atomic mass is 16.6. The highest BCUT2D eigenvalue weighted by Crippen LogP contribution is 2.38. The average Bonchev–Trinajstić information content (AvgIpc) is 3.40. The van der Waals surface area contributed by atoms with Crippen LogP contribution in [0.25, 0.3) is 39.2 Å². The Morgan fingerprint density at radius 1 is 0.795 bits per heavy atom. The van der Waals surface area contributed by atoms with Gasteiger partial charge in [-0.1, -0.05) is 105 Å². The van der Waals surface area contributed by atoms with Crippen LogP contribution in [0.15, 0.2) is 109 Å². The molecule has 0 aliphatic carbocycles. The van der Waals surface area contributed by atoms with Crippen molar-refractivity contribution >= 4 is 5.97 Å². The van der Waals surface area contributed by atoms with Crippen LogP contribution in [0.2, 0.25) is 0 Å². The minimum Gasteiger partial charge on any atom is -0.479 e. The molecule has 0 aliphatic heterocycles. The summed E-state index contributed by atoms with van der Waals surface area (Å²) in [5.41, 5.74) is 8.41. The number of hydrogen-bond donors (Lipinski definition) is 0. The Hall–Kier alpha value is -4.64. The third-order valence-corrected chi connectivity index (χ3v) is 6.82. The van der Waals surface area contributed by atoms with E-state index in [-0.39, 0.29) is 5.97 Å². The van der Waals surface area contributed by atoms with E-state index in [4.69, 9.17) is 14.6 Å². The first-order chi connectivity index (χ1) is 19.1. The van der Waals surface area contributed by atoms with Gasteiger partial charge in [0, 0.05) is 16.7 Å². The Morgan fingerprint density at radius 3 is 2.10 bits per heavy atom. The number of carbonyl (C=O) groups is 1. The fourth-order valence-corrected chi connectivity index (χ4v) is 4.92. The minimum absolute atomic E-state index is 0.380. The first kappa shape index (κ1) is 26.0. The summed E-state index contributed by atoms with van der Waals surface area (Å²) in [6.45, 7) is 4.07. The highest BCUT2D eigenvalue weighted by molar-refractivity contribution is 5.84. The van der Waals surface area contributed by atoms with Gasteiger partial charge >= 0.3 is 5.97 Å². The standard InChI is InChI=1S/C34H32N2O3/c1-4-29-32(24-15-8-6-9-16-24)33(25-17-10-7-11-18-25)35-36(29)30-22-13-12-21-28(30)26-19-14-20-27(23-26)39-31(5-2)34(37)38-3/h6-23,31H,4-5H2,1-3H3. The minimum atomic E-state index is -0.653. The van der Waals surface area contributed by atoms with Crippen LogP contribution in [0.1, 0.15) is 26.0 Å². The van der Waals surface area contributed by atoms with Gasteiger partial charge in [-0.3, -0.25) is 0 Å². The summed E-state index contributed by atoms with van der Waals surface area (Å²) in [7, 11) is 1.38. The first-order valence-electron chi connectivity index (χ1n) is 13.3. The van der Waals surface area contributed by atoms with Crippen LogP contribution in [0.4, 0.5) is 0 Å². The average molecular weight is 517 g/mol. The van der Waals surface area contributed by atoms with E-state index >= 15 is 0 Å². The Bertz CT molecular complexity index is 1560. The van der Waals surface area contributed by atoms with Crippen molar-refractivity contribution in [3.8, 4) is 44.9 Å². The predicted octanol–water partition coefficient (Wildman–Crippen LogP) is 7.77. The summed E-state index contributed by atoms with van der Waals surface area (Å²) in [6, 6.07) is 36.9. The van der Waals surface area contributed by atoms with Gasteiger partial charge in [0.15, 0.2) is 6.10 Å². The number of carbonyl (C=O) groups excluding carboxylic acids is 1. The van der Waals surface area contributed by atoms with Gasteiger partial charge in [0.2, 0.25) is 0 Å². The van der Waals surface area contributed by atoms with Crippen LogP contribution >= 0.6 is 0 Å². The molecule has 196 valence electrons. The van der Waals surface area contributed by atoms with E-state index in [0.717, 1.165) is 51.3 Å². The molecule has 0 amide bonds. The van der Waals surface area contributed by atoms with Crippen molar-refractivity contribution in [1.82, 2.24) is 9.78 Å². The Labute approximate surface area is 229 Å². The van der Waals surface area contributed by atoms with E-state index in [1.165, 1.54) is 7.11 Å². The number of esters is 1. The lowest BCUT2D eigenvalue weighted by atomic mass is 9.97. The summed E-state index contributed by atoms with van der Waals surface area (Å²) < 4.78 is 13.0. The van der Waals surface area contributed by atoms with Gasteiger partial charge in [0.1, 0.15) is 11.4 Å². The molecule has 0 N–H and O–H groups in total. The van der Waals surface area contributed by atoms with Gasteiger partial charge in [-0.05, 0) is 42.2 Å². The summed E-state index contributed by atoms with van der Waals surface area (Å²) in [6.07, 6.45) is 0.671. The Kier molecular flexibility index (Phi) is 7.88. The number of hydrogen-bond acceptors (Lipinski definition) is 4. The number of ether oxygens (including phenoxy) is 2. The molecular formula is C34H32N2O3. The van der Waals surface area contributed by atoms with Gasteiger partial charge in [0.05, 0.1) is 18.5 Å². The third kappa shape index (κ3) is 5.34. The molecule has 4 aromatic carbocycles. The molecule has 0 radical (unpaired) electrons. The lowest BCUT2D eigenvalue weighted by Gasteiger charge is -2.17. The van der Waals surface area contributed by atoms with E-state index < -0.39 is 6.10 Å². The van der Waals surface area contributed by atoms with Gasteiger partial charge < -0.3 is 9.47 Å². The quantitative estimate of drug-likeness (QED) is 0.188. The molecule has 5 rings (SSSR count). The molecule has 1 aromatic heterocycles. The number of benzene rings is 4. The van der Waals surface area contributed by atoms with Crippen LogP contribution in [-0.4, -0.2) is 29.0 Å². The van der Waals surface area contributed by atoms with Crippen molar-refractivity contribution in [2.24, 2.45) is 0 Å². The molecule has 1 atom stereocenters. The van der Waals surface area contributed by atoms with E-state index in [0.29, 0.717) is 12.2 Å². The van der Waals surface area contributed by atoms with Crippen molar-refractivity contribution < 1.29 is 14.3 Å².